The molecule has 3 fully saturated rings. The highest BCUT2D eigenvalue weighted by atomic mass is 16.5. The minimum atomic E-state index is 0.0732. The van der Waals surface area contributed by atoms with Crippen LogP contribution in [0.3, 0.4) is 0 Å². The van der Waals surface area contributed by atoms with Crippen LogP contribution >= 0.6 is 0 Å². The van der Waals surface area contributed by atoms with Crippen LogP contribution in [-0.4, -0.2) is 13.1 Å². The molecule has 0 aliphatic heterocycles. The van der Waals surface area contributed by atoms with Crippen molar-refractivity contribution in [2.24, 2.45) is 35.5 Å². The van der Waals surface area contributed by atoms with Crippen LogP contribution in [-0.2, 0) is 9.53 Å². The van der Waals surface area contributed by atoms with E-state index in [-0.39, 0.29) is 11.9 Å². The fourth-order valence-corrected chi connectivity index (χ4v) is 5.45. The van der Waals surface area contributed by atoms with Gasteiger partial charge in [0.15, 0.2) is 0 Å². The fourth-order valence-electron chi connectivity index (χ4n) is 5.45. The van der Waals surface area contributed by atoms with Gasteiger partial charge in [0.2, 0.25) is 0 Å². The van der Waals surface area contributed by atoms with E-state index in [9.17, 15) is 4.79 Å². The van der Waals surface area contributed by atoms with E-state index in [0.29, 0.717) is 11.8 Å². The van der Waals surface area contributed by atoms with Crippen molar-refractivity contribution < 1.29 is 9.53 Å². The van der Waals surface area contributed by atoms with Gasteiger partial charge in [0.1, 0.15) is 0 Å². The SMILES string of the molecule is COC(=O)C1C2CC3C1CC1=CCCC2C13. The van der Waals surface area contributed by atoms with E-state index in [1.54, 1.807) is 12.7 Å². The van der Waals surface area contributed by atoms with E-state index >= 15 is 0 Å². The summed E-state index contributed by atoms with van der Waals surface area (Å²) in [6.07, 6.45) is 7.53. The van der Waals surface area contributed by atoms with Crippen LogP contribution in [0.5, 0.6) is 0 Å². The van der Waals surface area contributed by atoms with Crippen molar-refractivity contribution in [1.82, 2.24) is 0 Å². The molecule has 0 radical (unpaired) electrons. The van der Waals surface area contributed by atoms with Gasteiger partial charge in [0.05, 0.1) is 13.0 Å². The Morgan fingerprint density at radius 3 is 3.00 bits per heavy atom. The molecule has 0 amide bonds. The van der Waals surface area contributed by atoms with Crippen LogP contribution in [0.1, 0.15) is 25.7 Å². The highest BCUT2D eigenvalue weighted by Crippen LogP contribution is 2.69. The third-order valence-electron chi connectivity index (χ3n) is 5.77. The van der Waals surface area contributed by atoms with Gasteiger partial charge in [-0.3, -0.25) is 4.79 Å². The normalized spacial score (nSPS) is 51.7. The predicted molar refractivity (Wildman–Crippen MR) is 59.5 cm³/mol. The smallest absolute Gasteiger partial charge is 0.309 e. The Kier molecular flexibility index (Phi) is 1.68. The number of hydrogen-bond acceptors (Lipinski definition) is 2. The Morgan fingerprint density at radius 1 is 1.31 bits per heavy atom. The lowest BCUT2D eigenvalue weighted by Gasteiger charge is -2.34. The van der Waals surface area contributed by atoms with Gasteiger partial charge in [-0.1, -0.05) is 11.6 Å². The quantitative estimate of drug-likeness (QED) is 0.499. The summed E-state index contributed by atoms with van der Waals surface area (Å²) < 4.78 is 5.03. The van der Waals surface area contributed by atoms with Crippen molar-refractivity contribution in [3.8, 4) is 0 Å². The van der Waals surface area contributed by atoms with E-state index in [2.05, 4.69) is 6.08 Å². The Balaban J connectivity index is 1.77. The molecule has 4 rings (SSSR count). The van der Waals surface area contributed by atoms with Gasteiger partial charge in [0.25, 0.3) is 0 Å². The maximum absolute atomic E-state index is 11.9. The van der Waals surface area contributed by atoms with Gasteiger partial charge < -0.3 is 4.74 Å². The lowest BCUT2D eigenvalue weighted by Crippen LogP contribution is -2.35. The van der Waals surface area contributed by atoms with Gasteiger partial charge in [-0.05, 0) is 55.3 Å². The van der Waals surface area contributed by atoms with Crippen molar-refractivity contribution in [2.45, 2.75) is 25.7 Å². The first-order chi connectivity index (χ1) is 7.81. The standard InChI is InChI=1S/C14H18O2/c1-16-14(15)13-9-5-7-3-2-4-8-10(13)6-11(9)12(7)8/h3,8-13H,2,4-6H2,1H3. The van der Waals surface area contributed by atoms with Crippen molar-refractivity contribution in [1.29, 1.82) is 0 Å². The molecule has 2 nitrogen and oxygen atoms in total. The van der Waals surface area contributed by atoms with E-state index in [4.69, 9.17) is 4.74 Å². The zero-order chi connectivity index (χ0) is 10.9. The van der Waals surface area contributed by atoms with E-state index in [0.717, 1.165) is 17.8 Å². The highest BCUT2D eigenvalue weighted by molar-refractivity contribution is 5.74. The van der Waals surface area contributed by atoms with E-state index in [1.165, 1.54) is 25.7 Å². The molecule has 2 heteroatoms. The summed E-state index contributed by atoms with van der Waals surface area (Å²) >= 11 is 0. The van der Waals surface area contributed by atoms with Crippen LogP contribution < -0.4 is 0 Å². The molecule has 86 valence electrons. The summed E-state index contributed by atoms with van der Waals surface area (Å²) in [4.78, 5) is 11.9. The minimum absolute atomic E-state index is 0.0732. The molecule has 0 saturated heterocycles. The number of ether oxygens (including phenoxy) is 1. The first-order valence-corrected chi connectivity index (χ1v) is 6.58. The monoisotopic (exact) mass is 218 g/mol. The van der Waals surface area contributed by atoms with Crippen molar-refractivity contribution in [3.63, 3.8) is 0 Å². The Bertz CT molecular complexity index is 384. The van der Waals surface area contributed by atoms with Crippen molar-refractivity contribution >= 4 is 5.97 Å². The summed E-state index contributed by atoms with van der Waals surface area (Å²) in [5, 5.41) is 0. The molecule has 16 heavy (non-hydrogen) atoms. The van der Waals surface area contributed by atoms with Crippen LogP contribution in [0.15, 0.2) is 11.6 Å². The maximum atomic E-state index is 11.9. The Morgan fingerprint density at radius 2 is 2.19 bits per heavy atom. The average Bonchev–Trinajstić information content (AvgIpc) is 2.92. The molecular formula is C14H18O2. The molecule has 2 bridgehead atoms. The fraction of sp³-hybridized carbons (Fsp3) is 0.786. The van der Waals surface area contributed by atoms with Crippen molar-refractivity contribution in [2.75, 3.05) is 7.11 Å². The van der Waals surface area contributed by atoms with Gasteiger partial charge in [-0.25, -0.2) is 0 Å². The highest BCUT2D eigenvalue weighted by Gasteiger charge is 2.64. The second-order valence-electron chi connectivity index (χ2n) is 6.03. The van der Waals surface area contributed by atoms with Gasteiger partial charge in [0, 0.05) is 0 Å². The van der Waals surface area contributed by atoms with E-state index < -0.39 is 0 Å². The number of fused-ring (bicyclic) bond motifs is 2. The number of carbonyl (C=O) groups excluding carboxylic acids is 1. The number of carbonyl (C=O) groups is 1. The molecule has 0 aromatic carbocycles. The first kappa shape index (κ1) is 9.26. The molecule has 0 spiro atoms. The summed E-state index contributed by atoms with van der Waals surface area (Å²) in [6.45, 7) is 0. The Hall–Kier alpha value is -0.790. The molecule has 6 atom stereocenters. The number of hydrogen-bond donors (Lipinski definition) is 0. The molecule has 6 unspecified atom stereocenters. The number of methoxy groups -OCH3 is 1. The van der Waals surface area contributed by atoms with Crippen LogP contribution in [0.25, 0.3) is 0 Å². The molecule has 4 aliphatic carbocycles. The maximum Gasteiger partial charge on any atom is 0.309 e. The number of rotatable bonds is 1. The number of esters is 1. The zero-order valence-electron chi connectivity index (χ0n) is 9.69. The zero-order valence-corrected chi connectivity index (χ0v) is 9.69. The third-order valence-corrected chi connectivity index (χ3v) is 5.77. The van der Waals surface area contributed by atoms with Gasteiger partial charge >= 0.3 is 5.97 Å². The Labute approximate surface area is 96.0 Å². The second kappa shape index (κ2) is 2.91. The minimum Gasteiger partial charge on any atom is -0.469 e. The molecular weight excluding hydrogens is 200 g/mol. The summed E-state index contributed by atoms with van der Waals surface area (Å²) in [5.74, 6) is 4.09. The summed E-state index contributed by atoms with van der Waals surface area (Å²) in [5.41, 5.74) is 1.69. The van der Waals surface area contributed by atoms with Gasteiger partial charge in [-0.2, -0.15) is 0 Å². The molecule has 0 aromatic heterocycles. The second-order valence-corrected chi connectivity index (χ2v) is 6.03. The lowest BCUT2D eigenvalue weighted by atomic mass is 9.70. The van der Waals surface area contributed by atoms with Crippen LogP contribution in [0, 0.1) is 35.5 Å². The van der Waals surface area contributed by atoms with Crippen LogP contribution in [0.2, 0.25) is 0 Å². The molecule has 4 aliphatic rings. The molecule has 0 N–H and O–H groups in total. The van der Waals surface area contributed by atoms with Crippen molar-refractivity contribution in [3.05, 3.63) is 11.6 Å². The molecule has 0 aromatic rings. The first-order valence-electron chi connectivity index (χ1n) is 6.58. The topological polar surface area (TPSA) is 26.3 Å². The molecule has 3 saturated carbocycles. The molecule has 0 heterocycles. The average molecular weight is 218 g/mol. The third kappa shape index (κ3) is 0.884. The van der Waals surface area contributed by atoms with E-state index in [1.807, 2.05) is 0 Å². The lowest BCUT2D eigenvalue weighted by molar-refractivity contribution is -0.150. The summed E-state index contributed by atoms with van der Waals surface area (Å²) in [7, 11) is 1.55. The van der Waals surface area contributed by atoms with Crippen LogP contribution in [0.4, 0.5) is 0 Å². The number of allylic oxidation sites excluding steroid dienone is 2. The largest absolute Gasteiger partial charge is 0.469 e. The van der Waals surface area contributed by atoms with Gasteiger partial charge in [-0.15, -0.1) is 0 Å². The summed E-state index contributed by atoms with van der Waals surface area (Å²) in [6, 6.07) is 0. The predicted octanol–water partition coefficient (Wildman–Crippen LogP) is 2.40.